The number of aliphatic carboxylic acids is 1. The van der Waals surface area contributed by atoms with E-state index in [9.17, 15) is 14.7 Å². The molecule has 5 nitrogen and oxygen atoms in total. The average Bonchev–Trinajstić information content (AvgIpc) is 2.48. The van der Waals surface area contributed by atoms with Gasteiger partial charge in [0.25, 0.3) is 0 Å². The molecule has 1 amide bonds. The van der Waals surface area contributed by atoms with Crippen LogP contribution < -0.4 is 5.32 Å². The molecule has 1 atom stereocenters. The maximum Gasteiger partial charge on any atom is 0.329 e. The molecule has 0 bridgehead atoms. The normalized spacial score (nSPS) is 19.1. The summed E-state index contributed by atoms with van der Waals surface area (Å²) in [5.74, 6) is -1.63. The van der Waals surface area contributed by atoms with Gasteiger partial charge in [-0.1, -0.05) is 30.3 Å². The Morgan fingerprint density at radius 3 is 2.40 bits per heavy atom. The van der Waals surface area contributed by atoms with Crippen LogP contribution in [0, 0.1) is 0 Å². The number of carboxylic acids is 1. The molecule has 20 heavy (non-hydrogen) atoms. The van der Waals surface area contributed by atoms with Crippen LogP contribution in [0.25, 0.3) is 0 Å². The Labute approximate surface area is 117 Å². The quantitative estimate of drug-likeness (QED) is 0.875. The van der Waals surface area contributed by atoms with Crippen LogP contribution >= 0.6 is 0 Å². The van der Waals surface area contributed by atoms with Gasteiger partial charge >= 0.3 is 5.97 Å². The van der Waals surface area contributed by atoms with Gasteiger partial charge < -0.3 is 15.2 Å². The second-order valence-corrected chi connectivity index (χ2v) is 5.12. The Hall–Kier alpha value is -1.88. The molecular weight excluding hydrogens is 258 g/mol. The zero-order valence-electron chi connectivity index (χ0n) is 11.5. The SMILES string of the molecule is CC(C(=O)NC1(C(=O)O)CCOCC1)c1ccccc1. The zero-order chi connectivity index (χ0) is 14.6. The molecule has 1 aromatic rings. The van der Waals surface area contributed by atoms with Crippen molar-refractivity contribution in [1.82, 2.24) is 5.32 Å². The van der Waals surface area contributed by atoms with Gasteiger partial charge in [-0.05, 0) is 12.5 Å². The van der Waals surface area contributed by atoms with Crippen molar-refractivity contribution in [3.63, 3.8) is 0 Å². The third-order valence-electron chi connectivity index (χ3n) is 3.81. The Morgan fingerprint density at radius 2 is 1.85 bits per heavy atom. The average molecular weight is 277 g/mol. The van der Waals surface area contributed by atoms with Gasteiger partial charge in [0, 0.05) is 26.1 Å². The van der Waals surface area contributed by atoms with Gasteiger partial charge in [0.2, 0.25) is 5.91 Å². The molecule has 0 spiro atoms. The van der Waals surface area contributed by atoms with Crippen molar-refractivity contribution in [2.75, 3.05) is 13.2 Å². The van der Waals surface area contributed by atoms with Gasteiger partial charge in [-0.15, -0.1) is 0 Å². The lowest BCUT2D eigenvalue weighted by Gasteiger charge is -2.34. The molecule has 1 heterocycles. The predicted octanol–water partition coefficient (Wildman–Crippen LogP) is 1.54. The summed E-state index contributed by atoms with van der Waals surface area (Å²) in [6, 6.07) is 9.33. The highest BCUT2D eigenvalue weighted by molar-refractivity contribution is 5.90. The minimum absolute atomic E-state index is 0.263. The summed E-state index contributed by atoms with van der Waals surface area (Å²) in [6.07, 6.45) is 0.602. The molecule has 2 rings (SSSR count). The van der Waals surface area contributed by atoms with Crippen LogP contribution in [0.1, 0.15) is 31.2 Å². The van der Waals surface area contributed by atoms with Gasteiger partial charge in [-0.2, -0.15) is 0 Å². The highest BCUT2D eigenvalue weighted by atomic mass is 16.5. The van der Waals surface area contributed by atoms with Crippen molar-refractivity contribution < 1.29 is 19.4 Å². The molecular formula is C15H19NO4. The fourth-order valence-electron chi connectivity index (χ4n) is 2.35. The number of benzene rings is 1. The Morgan fingerprint density at radius 1 is 1.25 bits per heavy atom. The van der Waals surface area contributed by atoms with Crippen molar-refractivity contribution in [2.45, 2.75) is 31.2 Å². The van der Waals surface area contributed by atoms with Crippen LogP contribution in [0.3, 0.4) is 0 Å². The van der Waals surface area contributed by atoms with Gasteiger partial charge in [-0.3, -0.25) is 4.79 Å². The van der Waals surface area contributed by atoms with Crippen LogP contribution in [-0.2, 0) is 14.3 Å². The summed E-state index contributed by atoms with van der Waals surface area (Å²) in [5.41, 5.74) is -0.323. The molecule has 0 aromatic heterocycles. The minimum atomic E-state index is -1.20. The summed E-state index contributed by atoms with van der Waals surface area (Å²) in [4.78, 5) is 23.8. The summed E-state index contributed by atoms with van der Waals surface area (Å²) in [6.45, 7) is 2.48. The van der Waals surface area contributed by atoms with E-state index in [0.29, 0.717) is 26.1 Å². The first-order valence-electron chi connectivity index (χ1n) is 6.73. The predicted molar refractivity (Wildman–Crippen MR) is 73.4 cm³/mol. The molecule has 1 unspecified atom stereocenters. The molecule has 2 N–H and O–H groups in total. The number of carbonyl (C=O) groups excluding carboxylic acids is 1. The molecule has 0 radical (unpaired) electrons. The second-order valence-electron chi connectivity index (χ2n) is 5.12. The van der Waals surface area contributed by atoms with E-state index in [4.69, 9.17) is 4.74 Å². The van der Waals surface area contributed by atoms with Gasteiger partial charge in [0.05, 0.1) is 5.92 Å². The molecule has 1 saturated heterocycles. The monoisotopic (exact) mass is 277 g/mol. The maximum absolute atomic E-state index is 12.3. The van der Waals surface area contributed by atoms with Crippen LogP contribution in [-0.4, -0.2) is 35.7 Å². The number of hydrogen-bond donors (Lipinski definition) is 2. The molecule has 0 aliphatic carbocycles. The van der Waals surface area contributed by atoms with Crippen molar-refractivity contribution in [3.05, 3.63) is 35.9 Å². The summed E-state index contributed by atoms with van der Waals surface area (Å²) in [7, 11) is 0. The largest absolute Gasteiger partial charge is 0.480 e. The Bertz CT molecular complexity index is 480. The van der Waals surface area contributed by atoms with E-state index < -0.39 is 11.5 Å². The number of carboxylic acid groups (broad SMARTS) is 1. The topological polar surface area (TPSA) is 75.6 Å². The van der Waals surface area contributed by atoms with Crippen molar-refractivity contribution in [1.29, 1.82) is 0 Å². The van der Waals surface area contributed by atoms with E-state index >= 15 is 0 Å². The van der Waals surface area contributed by atoms with Crippen LogP contribution in [0.2, 0.25) is 0 Å². The summed E-state index contributed by atoms with van der Waals surface area (Å²) in [5, 5.41) is 12.1. The summed E-state index contributed by atoms with van der Waals surface area (Å²) >= 11 is 0. The highest BCUT2D eigenvalue weighted by Crippen LogP contribution is 2.23. The molecule has 5 heteroatoms. The van der Waals surface area contributed by atoms with E-state index in [1.807, 2.05) is 30.3 Å². The van der Waals surface area contributed by atoms with Crippen molar-refractivity contribution >= 4 is 11.9 Å². The maximum atomic E-state index is 12.3. The first-order valence-corrected chi connectivity index (χ1v) is 6.73. The fraction of sp³-hybridized carbons (Fsp3) is 0.467. The molecule has 1 aliphatic heterocycles. The third-order valence-corrected chi connectivity index (χ3v) is 3.81. The number of amides is 1. The number of ether oxygens (including phenoxy) is 1. The lowest BCUT2D eigenvalue weighted by molar-refractivity contribution is -0.152. The second kappa shape index (κ2) is 6.05. The van der Waals surface area contributed by atoms with Crippen LogP contribution in [0.15, 0.2) is 30.3 Å². The van der Waals surface area contributed by atoms with Gasteiger partial charge in [0.1, 0.15) is 5.54 Å². The standard InChI is InChI=1S/C15H19NO4/c1-11(12-5-3-2-4-6-12)13(17)16-15(14(18)19)7-9-20-10-8-15/h2-6,11H,7-10H2,1H3,(H,16,17)(H,18,19). The highest BCUT2D eigenvalue weighted by Gasteiger charge is 2.42. The molecule has 108 valence electrons. The fourth-order valence-corrected chi connectivity index (χ4v) is 2.35. The first-order chi connectivity index (χ1) is 9.55. The Balaban J connectivity index is 2.11. The van der Waals surface area contributed by atoms with Gasteiger partial charge in [-0.25, -0.2) is 4.79 Å². The molecule has 1 aromatic carbocycles. The van der Waals surface area contributed by atoms with Crippen molar-refractivity contribution in [3.8, 4) is 0 Å². The van der Waals surface area contributed by atoms with E-state index in [-0.39, 0.29) is 11.8 Å². The minimum Gasteiger partial charge on any atom is -0.480 e. The zero-order valence-corrected chi connectivity index (χ0v) is 11.5. The van der Waals surface area contributed by atoms with E-state index in [0.717, 1.165) is 5.56 Å². The van der Waals surface area contributed by atoms with Crippen LogP contribution in [0.5, 0.6) is 0 Å². The van der Waals surface area contributed by atoms with Crippen LogP contribution in [0.4, 0.5) is 0 Å². The van der Waals surface area contributed by atoms with E-state index in [2.05, 4.69) is 5.32 Å². The lowest BCUT2D eigenvalue weighted by Crippen LogP contribution is -2.58. The first kappa shape index (κ1) is 14.5. The number of rotatable bonds is 4. The third kappa shape index (κ3) is 2.99. The Kier molecular flexibility index (Phi) is 4.39. The molecule has 1 aliphatic rings. The lowest BCUT2D eigenvalue weighted by atomic mass is 9.88. The molecule has 0 saturated carbocycles. The molecule has 1 fully saturated rings. The van der Waals surface area contributed by atoms with Gasteiger partial charge in [0.15, 0.2) is 0 Å². The smallest absolute Gasteiger partial charge is 0.329 e. The van der Waals surface area contributed by atoms with E-state index in [1.165, 1.54) is 0 Å². The number of carbonyl (C=O) groups is 2. The number of hydrogen-bond acceptors (Lipinski definition) is 3. The van der Waals surface area contributed by atoms with Crippen molar-refractivity contribution in [2.24, 2.45) is 0 Å². The number of nitrogens with one attached hydrogen (secondary N) is 1. The van der Waals surface area contributed by atoms with E-state index in [1.54, 1.807) is 6.92 Å². The summed E-state index contributed by atoms with van der Waals surface area (Å²) < 4.78 is 5.19.